The van der Waals surface area contributed by atoms with E-state index in [9.17, 15) is 19.2 Å². The van der Waals surface area contributed by atoms with Gasteiger partial charge in [-0.05, 0) is 59.0 Å². The molecule has 0 radical (unpaired) electrons. The van der Waals surface area contributed by atoms with E-state index >= 15 is 0 Å². The van der Waals surface area contributed by atoms with Crippen LogP contribution in [0.25, 0.3) is 0 Å². The largest absolute Gasteiger partial charge is 0.444 e. The third-order valence-electron chi connectivity index (χ3n) is 4.17. The van der Waals surface area contributed by atoms with Crippen molar-refractivity contribution in [3.05, 3.63) is 0 Å². The summed E-state index contributed by atoms with van der Waals surface area (Å²) >= 11 is 0. The Morgan fingerprint density at radius 1 is 1.07 bits per heavy atom. The normalized spacial score (nSPS) is 15.9. The molecule has 0 aromatic rings. The van der Waals surface area contributed by atoms with E-state index in [0.717, 1.165) is 13.1 Å². The van der Waals surface area contributed by atoms with Crippen LogP contribution in [0.5, 0.6) is 0 Å². The summed E-state index contributed by atoms with van der Waals surface area (Å²) in [6, 6.07) is -0.832. The third-order valence-corrected chi connectivity index (χ3v) is 4.17. The summed E-state index contributed by atoms with van der Waals surface area (Å²) in [6.45, 7) is 10.2. The number of rotatable bonds is 7. The van der Waals surface area contributed by atoms with E-state index in [0.29, 0.717) is 19.3 Å². The number of nitrogens with one attached hydrogen (secondary N) is 5. The number of hydrogen-bond donors (Lipinski definition) is 5. The minimum absolute atomic E-state index is 0.138. The van der Waals surface area contributed by atoms with Gasteiger partial charge in [0.25, 0.3) is 5.91 Å². The lowest BCUT2D eigenvalue weighted by atomic mass is 9.98. The van der Waals surface area contributed by atoms with Crippen LogP contribution in [0.3, 0.4) is 0 Å². The number of carbonyl (C=O) groups is 4. The number of hydrogen-bond acceptors (Lipinski definition) is 6. The monoisotopic (exact) mass is 413 g/mol. The predicted octanol–water partition coefficient (Wildman–Crippen LogP) is 0.189. The number of hydrazine groups is 1. The summed E-state index contributed by atoms with van der Waals surface area (Å²) in [4.78, 5) is 48.3. The quantitative estimate of drug-likeness (QED) is 0.378. The highest BCUT2D eigenvalue weighted by atomic mass is 16.6. The molecule has 1 fully saturated rings. The zero-order valence-electron chi connectivity index (χ0n) is 18.0. The minimum Gasteiger partial charge on any atom is -0.444 e. The van der Waals surface area contributed by atoms with Gasteiger partial charge in [0.05, 0.1) is 6.54 Å². The predicted molar refractivity (Wildman–Crippen MR) is 108 cm³/mol. The van der Waals surface area contributed by atoms with Gasteiger partial charge >= 0.3 is 6.09 Å². The van der Waals surface area contributed by atoms with Crippen LogP contribution in [0.2, 0.25) is 0 Å². The van der Waals surface area contributed by atoms with E-state index in [4.69, 9.17) is 4.74 Å². The molecule has 1 aliphatic rings. The molecule has 0 bridgehead atoms. The summed E-state index contributed by atoms with van der Waals surface area (Å²) in [6.07, 6.45) is 1.12. The molecule has 0 aliphatic carbocycles. The Labute approximate surface area is 172 Å². The summed E-state index contributed by atoms with van der Waals surface area (Å²) < 4.78 is 5.19. The fraction of sp³-hybridized carbons (Fsp3) is 0.789. The first kappa shape index (κ1) is 24.7. The van der Waals surface area contributed by atoms with Crippen molar-refractivity contribution in [2.45, 2.75) is 65.5 Å². The van der Waals surface area contributed by atoms with E-state index in [-0.39, 0.29) is 24.3 Å². The zero-order valence-corrected chi connectivity index (χ0v) is 18.0. The molecule has 1 aliphatic heterocycles. The van der Waals surface area contributed by atoms with Gasteiger partial charge in [-0.15, -0.1) is 0 Å². The van der Waals surface area contributed by atoms with E-state index in [1.54, 1.807) is 20.8 Å². The Balaban J connectivity index is 2.44. The molecule has 4 amide bonds. The van der Waals surface area contributed by atoms with Crippen LogP contribution in [0.4, 0.5) is 4.79 Å². The van der Waals surface area contributed by atoms with Crippen LogP contribution in [0, 0.1) is 11.8 Å². The molecule has 10 heteroatoms. The van der Waals surface area contributed by atoms with Gasteiger partial charge in [-0.1, -0.05) is 13.8 Å². The summed E-state index contributed by atoms with van der Waals surface area (Å²) in [5, 5.41) is 8.18. The smallest absolute Gasteiger partial charge is 0.408 e. The molecule has 1 rings (SSSR count). The first-order chi connectivity index (χ1) is 13.5. The van der Waals surface area contributed by atoms with Gasteiger partial charge in [-0.2, -0.15) is 0 Å². The molecule has 5 N–H and O–H groups in total. The Bertz CT molecular complexity index is 582. The van der Waals surface area contributed by atoms with Crippen LogP contribution in [0.1, 0.15) is 53.9 Å². The summed E-state index contributed by atoms with van der Waals surface area (Å²) in [7, 11) is 0. The Hall–Kier alpha value is -2.36. The van der Waals surface area contributed by atoms with E-state index in [1.807, 2.05) is 13.8 Å². The third kappa shape index (κ3) is 10.7. The molecule has 0 spiro atoms. The van der Waals surface area contributed by atoms with Gasteiger partial charge in [0.2, 0.25) is 11.8 Å². The van der Waals surface area contributed by atoms with Gasteiger partial charge in [-0.3, -0.25) is 25.2 Å². The Kier molecular flexibility index (Phi) is 9.87. The fourth-order valence-corrected chi connectivity index (χ4v) is 2.81. The van der Waals surface area contributed by atoms with Crippen LogP contribution in [-0.2, 0) is 19.1 Å². The minimum atomic E-state index is -0.832. The molecule has 166 valence electrons. The maximum absolute atomic E-state index is 12.4. The number of ether oxygens (including phenoxy) is 1. The topological polar surface area (TPSA) is 138 Å². The number of carbonyl (C=O) groups excluding carboxylic acids is 4. The highest BCUT2D eigenvalue weighted by Gasteiger charge is 2.26. The highest BCUT2D eigenvalue weighted by molar-refractivity contribution is 5.90. The number of amides is 4. The van der Waals surface area contributed by atoms with E-state index in [2.05, 4.69) is 26.8 Å². The number of piperidine rings is 1. The molecule has 0 aromatic heterocycles. The van der Waals surface area contributed by atoms with Crippen LogP contribution < -0.4 is 26.8 Å². The van der Waals surface area contributed by atoms with Gasteiger partial charge < -0.3 is 20.7 Å². The zero-order chi connectivity index (χ0) is 22.0. The molecule has 1 heterocycles. The Morgan fingerprint density at radius 3 is 2.24 bits per heavy atom. The van der Waals surface area contributed by atoms with Crippen molar-refractivity contribution >= 4 is 23.8 Å². The second-order valence-corrected chi connectivity index (χ2v) is 8.61. The van der Waals surface area contributed by atoms with E-state index < -0.39 is 29.6 Å². The maximum atomic E-state index is 12.4. The highest BCUT2D eigenvalue weighted by Crippen LogP contribution is 2.11. The molecular formula is C19H35N5O5. The van der Waals surface area contributed by atoms with Crippen molar-refractivity contribution in [1.82, 2.24) is 26.8 Å². The van der Waals surface area contributed by atoms with Gasteiger partial charge in [-0.25, -0.2) is 4.79 Å². The number of alkyl carbamates (subject to hydrolysis) is 1. The molecule has 0 unspecified atom stereocenters. The van der Waals surface area contributed by atoms with Gasteiger partial charge in [0, 0.05) is 5.92 Å². The van der Waals surface area contributed by atoms with Crippen LogP contribution >= 0.6 is 0 Å². The molecule has 10 nitrogen and oxygen atoms in total. The van der Waals surface area contributed by atoms with Crippen molar-refractivity contribution in [3.8, 4) is 0 Å². The average Bonchev–Trinajstić information content (AvgIpc) is 2.62. The molecule has 1 saturated heterocycles. The van der Waals surface area contributed by atoms with Crippen molar-refractivity contribution in [1.29, 1.82) is 0 Å². The molecule has 29 heavy (non-hydrogen) atoms. The van der Waals surface area contributed by atoms with Gasteiger partial charge in [0.1, 0.15) is 11.6 Å². The van der Waals surface area contributed by atoms with Gasteiger partial charge in [0.15, 0.2) is 0 Å². The fourth-order valence-electron chi connectivity index (χ4n) is 2.81. The summed E-state index contributed by atoms with van der Waals surface area (Å²) in [5.74, 6) is -1.29. The van der Waals surface area contributed by atoms with Crippen LogP contribution in [0.15, 0.2) is 0 Å². The van der Waals surface area contributed by atoms with Crippen molar-refractivity contribution < 1.29 is 23.9 Å². The second-order valence-electron chi connectivity index (χ2n) is 8.61. The standard InChI is InChI=1S/C19H35N5O5/c1-12(2)10-14(22-18(28)29-19(3,4)5)17(27)21-11-15(25)23-24-16(26)13-6-8-20-9-7-13/h12-14,20H,6-11H2,1-5H3,(H,21,27)(H,22,28)(H,23,25)(H,24,26)/t14-/m0/s1. The maximum Gasteiger partial charge on any atom is 0.408 e. The lowest BCUT2D eigenvalue weighted by molar-refractivity contribution is -0.132. The van der Waals surface area contributed by atoms with Crippen molar-refractivity contribution in [3.63, 3.8) is 0 Å². The Morgan fingerprint density at radius 2 is 1.69 bits per heavy atom. The van der Waals surface area contributed by atoms with Crippen LogP contribution in [-0.4, -0.2) is 55.1 Å². The van der Waals surface area contributed by atoms with Crippen molar-refractivity contribution in [2.24, 2.45) is 11.8 Å². The SMILES string of the molecule is CC(C)C[C@H](NC(=O)OC(C)(C)C)C(=O)NCC(=O)NNC(=O)C1CCNCC1. The lowest BCUT2D eigenvalue weighted by Crippen LogP contribution is -2.53. The van der Waals surface area contributed by atoms with E-state index in [1.165, 1.54) is 0 Å². The van der Waals surface area contributed by atoms with Crippen molar-refractivity contribution in [2.75, 3.05) is 19.6 Å². The molecule has 1 atom stereocenters. The second kappa shape index (κ2) is 11.6. The molecular weight excluding hydrogens is 378 g/mol. The molecule has 0 saturated carbocycles. The first-order valence-corrected chi connectivity index (χ1v) is 10.0. The lowest BCUT2D eigenvalue weighted by Gasteiger charge is -2.24. The summed E-state index contributed by atoms with van der Waals surface area (Å²) in [5.41, 5.74) is 4.00. The first-order valence-electron chi connectivity index (χ1n) is 10.0. The molecule has 0 aromatic carbocycles. The average molecular weight is 414 g/mol.